The van der Waals surface area contributed by atoms with E-state index >= 15 is 0 Å². The number of hydrogen-bond acceptors (Lipinski definition) is 4. The van der Waals surface area contributed by atoms with Crippen molar-refractivity contribution in [1.82, 2.24) is 10.0 Å². The van der Waals surface area contributed by atoms with E-state index in [2.05, 4.69) is 0 Å². The van der Waals surface area contributed by atoms with E-state index in [4.69, 9.17) is 15.7 Å². The summed E-state index contributed by atoms with van der Waals surface area (Å²) >= 11 is 0. The first-order valence-corrected chi connectivity index (χ1v) is 7.19. The van der Waals surface area contributed by atoms with Crippen LogP contribution in [-0.2, 0) is 6.54 Å². The number of hydrogen-bond donors (Lipinski definition) is 3. The number of nitrogens with two attached hydrogens (primary N) is 1. The Bertz CT molecular complexity index is 842. The van der Waals surface area contributed by atoms with Gasteiger partial charge in [0.05, 0.1) is 12.2 Å². The average Bonchev–Trinajstić information content (AvgIpc) is 2.98. The molecule has 0 spiro atoms. The van der Waals surface area contributed by atoms with E-state index < -0.39 is 5.91 Å². The molecule has 118 valence electrons. The van der Waals surface area contributed by atoms with Crippen LogP contribution in [0.25, 0.3) is 10.9 Å². The summed E-state index contributed by atoms with van der Waals surface area (Å²) in [4.78, 5) is 11.5. The van der Waals surface area contributed by atoms with Crippen molar-refractivity contribution in [2.24, 2.45) is 0 Å². The third-order valence-corrected chi connectivity index (χ3v) is 3.65. The molecule has 23 heavy (non-hydrogen) atoms. The van der Waals surface area contributed by atoms with Gasteiger partial charge in [0.15, 0.2) is 0 Å². The van der Waals surface area contributed by atoms with Crippen LogP contribution in [0.3, 0.4) is 0 Å². The lowest BCUT2D eigenvalue weighted by Gasteiger charge is -2.10. The molecule has 6 heteroatoms. The van der Waals surface area contributed by atoms with E-state index in [1.54, 1.807) is 23.7 Å². The van der Waals surface area contributed by atoms with Crippen LogP contribution in [0, 0.1) is 0 Å². The molecular formula is C17H17N3O3. The number of ether oxygens (including phenoxy) is 1. The number of aromatic nitrogens is 1. The molecule has 2 aromatic carbocycles. The number of rotatable bonds is 5. The van der Waals surface area contributed by atoms with Gasteiger partial charge in [0.2, 0.25) is 0 Å². The molecule has 0 fully saturated rings. The summed E-state index contributed by atoms with van der Waals surface area (Å²) < 4.78 is 7.68. The molecule has 0 radical (unpaired) electrons. The number of carbonyl (C=O) groups is 1. The Morgan fingerprint density at radius 3 is 2.83 bits per heavy atom. The summed E-state index contributed by atoms with van der Waals surface area (Å²) in [6, 6.07) is 14.6. The van der Waals surface area contributed by atoms with Gasteiger partial charge in [0.25, 0.3) is 5.91 Å². The van der Waals surface area contributed by atoms with E-state index in [0.717, 1.165) is 10.9 Å². The van der Waals surface area contributed by atoms with Crippen molar-refractivity contribution in [3.8, 4) is 5.75 Å². The van der Waals surface area contributed by atoms with Gasteiger partial charge in [-0.2, -0.15) is 0 Å². The molecule has 1 heterocycles. The van der Waals surface area contributed by atoms with Crippen LogP contribution < -0.4 is 16.0 Å². The van der Waals surface area contributed by atoms with Crippen LogP contribution in [0.15, 0.2) is 54.7 Å². The van der Waals surface area contributed by atoms with Gasteiger partial charge in [0, 0.05) is 17.3 Å². The maximum atomic E-state index is 11.5. The highest BCUT2D eigenvalue weighted by molar-refractivity contribution is 5.97. The molecule has 4 N–H and O–H groups in total. The van der Waals surface area contributed by atoms with Gasteiger partial charge >= 0.3 is 0 Å². The maximum absolute atomic E-state index is 11.5. The fourth-order valence-corrected chi connectivity index (χ4v) is 2.45. The fraction of sp³-hybridized carbons (Fsp3) is 0.118. The van der Waals surface area contributed by atoms with Gasteiger partial charge in [-0.15, -0.1) is 0 Å². The number of fused-ring (bicyclic) bond motifs is 1. The SMILES string of the molecule is Nc1ccccc1OCCn1ccc2ccc(C(=O)NO)cc21. The summed E-state index contributed by atoms with van der Waals surface area (Å²) in [5.41, 5.74) is 9.38. The minimum Gasteiger partial charge on any atom is -0.490 e. The smallest absolute Gasteiger partial charge is 0.274 e. The number of benzene rings is 2. The maximum Gasteiger partial charge on any atom is 0.274 e. The summed E-state index contributed by atoms with van der Waals surface area (Å²) in [6.45, 7) is 1.07. The van der Waals surface area contributed by atoms with Crippen molar-refractivity contribution in [1.29, 1.82) is 0 Å². The van der Waals surface area contributed by atoms with Crippen LogP contribution in [0.4, 0.5) is 5.69 Å². The predicted octanol–water partition coefficient (Wildman–Crippen LogP) is 2.42. The Morgan fingerprint density at radius 1 is 1.22 bits per heavy atom. The van der Waals surface area contributed by atoms with Crippen molar-refractivity contribution in [2.45, 2.75) is 6.54 Å². The third-order valence-electron chi connectivity index (χ3n) is 3.65. The highest BCUT2D eigenvalue weighted by atomic mass is 16.5. The highest BCUT2D eigenvalue weighted by Crippen LogP contribution is 2.21. The highest BCUT2D eigenvalue weighted by Gasteiger charge is 2.08. The van der Waals surface area contributed by atoms with Crippen LogP contribution in [-0.4, -0.2) is 22.3 Å². The van der Waals surface area contributed by atoms with Crippen molar-refractivity contribution in [2.75, 3.05) is 12.3 Å². The molecule has 0 aliphatic rings. The quantitative estimate of drug-likeness (QED) is 0.383. The van der Waals surface area contributed by atoms with Gasteiger partial charge in [-0.25, -0.2) is 5.48 Å². The number of anilines is 1. The molecule has 0 bridgehead atoms. The summed E-state index contributed by atoms with van der Waals surface area (Å²) in [6.07, 6.45) is 1.93. The molecule has 0 unspecified atom stereocenters. The number of amides is 1. The molecule has 3 aromatic rings. The van der Waals surface area contributed by atoms with Crippen molar-refractivity contribution >= 4 is 22.5 Å². The number of carbonyl (C=O) groups excluding carboxylic acids is 1. The van der Waals surface area contributed by atoms with Gasteiger partial charge < -0.3 is 15.0 Å². The zero-order chi connectivity index (χ0) is 16.2. The molecule has 0 aliphatic heterocycles. The van der Waals surface area contributed by atoms with Crippen molar-refractivity contribution < 1.29 is 14.7 Å². The Balaban J connectivity index is 1.75. The summed E-state index contributed by atoms with van der Waals surface area (Å²) in [5.74, 6) is 0.122. The normalized spacial score (nSPS) is 10.7. The zero-order valence-electron chi connectivity index (χ0n) is 12.4. The predicted molar refractivity (Wildman–Crippen MR) is 87.5 cm³/mol. The molecule has 0 atom stereocenters. The number of nitrogen functional groups attached to an aromatic ring is 1. The Hall–Kier alpha value is -2.99. The molecule has 3 rings (SSSR count). The van der Waals surface area contributed by atoms with E-state index in [1.807, 2.05) is 41.1 Å². The van der Waals surface area contributed by atoms with E-state index in [9.17, 15) is 4.79 Å². The third kappa shape index (κ3) is 3.12. The standard InChI is InChI=1S/C17H17N3O3/c18-14-3-1-2-4-16(14)23-10-9-20-8-7-12-5-6-13(11-15(12)20)17(21)19-22/h1-8,11,22H,9-10,18H2,(H,19,21). The first-order chi connectivity index (χ1) is 11.2. The molecule has 0 saturated carbocycles. The molecule has 0 saturated heterocycles. The number of nitrogens with zero attached hydrogens (tertiary/aromatic N) is 1. The van der Waals surface area contributed by atoms with E-state index in [1.165, 1.54) is 0 Å². The molecular weight excluding hydrogens is 294 g/mol. The molecule has 1 amide bonds. The number of nitrogens with one attached hydrogen (secondary N) is 1. The second-order valence-corrected chi connectivity index (χ2v) is 5.11. The monoisotopic (exact) mass is 311 g/mol. The zero-order valence-corrected chi connectivity index (χ0v) is 12.4. The van der Waals surface area contributed by atoms with Gasteiger partial charge in [0.1, 0.15) is 12.4 Å². The average molecular weight is 311 g/mol. The Kier molecular flexibility index (Phi) is 4.16. The van der Waals surface area contributed by atoms with Crippen molar-refractivity contribution in [3.05, 3.63) is 60.3 Å². The first-order valence-electron chi connectivity index (χ1n) is 7.19. The Labute approximate surface area is 133 Å². The van der Waals surface area contributed by atoms with Gasteiger partial charge in [-0.1, -0.05) is 18.2 Å². The minimum atomic E-state index is -0.534. The van der Waals surface area contributed by atoms with Crippen LogP contribution in [0.2, 0.25) is 0 Å². The first kappa shape index (κ1) is 14.9. The lowest BCUT2D eigenvalue weighted by atomic mass is 10.1. The van der Waals surface area contributed by atoms with Crippen LogP contribution in [0.5, 0.6) is 5.75 Å². The second kappa shape index (κ2) is 6.41. The second-order valence-electron chi connectivity index (χ2n) is 5.11. The van der Waals surface area contributed by atoms with Gasteiger partial charge in [-0.05, 0) is 35.7 Å². The lowest BCUT2D eigenvalue weighted by Crippen LogP contribution is -2.18. The van der Waals surface area contributed by atoms with E-state index in [0.29, 0.717) is 30.2 Å². The molecule has 1 aromatic heterocycles. The summed E-state index contributed by atoms with van der Waals surface area (Å²) in [5, 5.41) is 9.75. The number of para-hydroxylation sites is 2. The van der Waals surface area contributed by atoms with Crippen molar-refractivity contribution in [3.63, 3.8) is 0 Å². The Morgan fingerprint density at radius 2 is 2.04 bits per heavy atom. The number of hydroxylamine groups is 1. The van der Waals surface area contributed by atoms with E-state index in [-0.39, 0.29) is 0 Å². The molecule has 6 nitrogen and oxygen atoms in total. The van der Waals surface area contributed by atoms with Crippen LogP contribution >= 0.6 is 0 Å². The summed E-state index contributed by atoms with van der Waals surface area (Å²) in [7, 11) is 0. The topological polar surface area (TPSA) is 89.5 Å². The minimum absolute atomic E-state index is 0.396. The van der Waals surface area contributed by atoms with Crippen LogP contribution in [0.1, 0.15) is 10.4 Å². The largest absolute Gasteiger partial charge is 0.490 e. The fourth-order valence-electron chi connectivity index (χ4n) is 2.45. The molecule has 0 aliphatic carbocycles. The lowest BCUT2D eigenvalue weighted by molar-refractivity contribution is 0.0706. The van der Waals surface area contributed by atoms with Gasteiger partial charge in [-0.3, -0.25) is 10.0 Å².